The van der Waals surface area contributed by atoms with Crippen molar-refractivity contribution in [1.82, 2.24) is 15.1 Å². The Labute approximate surface area is 110 Å². The Hall–Kier alpha value is -0.870. The first-order valence-electron chi connectivity index (χ1n) is 6.93. The fraction of sp³-hybridized carbons (Fsp3) is 0.786. The highest BCUT2D eigenvalue weighted by Crippen LogP contribution is 2.39. The molecule has 0 spiro atoms. The van der Waals surface area contributed by atoms with E-state index in [0.717, 1.165) is 12.8 Å². The Morgan fingerprint density at radius 1 is 1.33 bits per heavy atom. The van der Waals surface area contributed by atoms with Gasteiger partial charge in [0.25, 0.3) is 0 Å². The van der Waals surface area contributed by atoms with Gasteiger partial charge >= 0.3 is 0 Å². The molecule has 1 aliphatic rings. The SMILES string of the molecule is CNC(c1cnn(C)c1)C1(OC)CCCCCC1. The van der Waals surface area contributed by atoms with Crippen LogP contribution in [0.1, 0.15) is 50.1 Å². The molecule has 0 bridgehead atoms. The summed E-state index contributed by atoms with van der Waals surface area (Å²) in [5.74, 6) is 0. The first-order valence-corrected chi connectivity index (χ1v) is 6.93. The second-order valence-electron chi connectivity index (χ2n) is 5.35. The molecule has 102 valence electrons. The van der Waals surface area contributed by atoms with Gasteiger partial charge in [0, 0.05) is 25.9 Å². The highest BCUT2D eigenvalue weighted by atomic mass is 16.5. The van der Waals surface area contributed by atoms with Crippen molar-refractivity contribution in [3.05, 3.63) is 18.0 Å². The first kappa shape index (κ1) is 13.6. The van der Waals surface area contributed by atoms with Gasteiger partial charge in [0.1, 0.15) is 0 Å². The van der Waals surface area contributed by atoms with Crippen LogP contribution in [0.25, 0.3) is 0 Å². The van der Waals surface area contributed by atoms with Crippen LogP contribution in [0, 0.1) is 0 Å². The van der Waals surface area contributed by atoms with Gasteiger partial charge in [0.15, 0.2) is 0 Å². The van der Waals surface area contributed by atoms with Crippen LogP contribution < -0.4 is 5.32 Å². The number of aromatic nitrogens is 2. The average molecular weight is 251 g/mol. The third-order valence-corrected chi connectivity index (χ3v) is 4.23. The normalized spacial score (nSPS) is 21.5. The summed E-state index contributed by atoms with van der Waals surface area (Å²) in [7, 11) is 5.83. The maximum Gasteiger partial charge on any atom is 0.0873 e. The Morgan fingerprint density at radius 2 is 2.00 bits per heavy atom. The van der Waals surface area contributed by atoms with Crippen LogP contribution >= 0.6 is 0 Å². The lowest BCUT2D eigenvalue weighted by Gasteiger charge is -2.38. The van der Waals surface area contributed by atoms with Gasteiger partial charge in [-0.25, -0.2) is 0 Å². The molecule has 18 heavy (non-hydrogen) atoms. The zero-order chi connectivity index (χ0) is 13.0. The standard InChI is InChI=1S/C14H25N3O/c1-15-13(12-10-16-17(2)11-12)14(18-3)8-6-4-5-7-9-14/h10-11,13,15H,4-9H2,1-3H3. The van der Waals surface area contributed by atoms with Gasteiger partial charge in [-0.2, -0.15) is 5.10 Å². The van der Waals surface area contributed by atoms with Crippen LogP contribution in [0.4, 0.5) is 0 Å². The summed E-state index contributed by atoms with van der Waals surface area (Å²) in [6, 6.07) is 0.231. The third kappa shape index (κ3) is 2.59. The van der Waals surface area contributed by atoms with Gasteiger partial charge in [-0.05, 0) is 19.9 Å². The smallest absolute Gasteiger partial charge is 0.0873 e. The van der Waals surface area contributed by atoms with E-state index in [1.54, 1.807) is 0 Å². The van der Waals surface area contributed by atoms with E-state index in [0.29, 0.717) is 0 Å². The maximum absolute atomic E-state index is 5.98. The van der Waals surface area contributed by atoms with Crippen molar-refractivity contribution in [3.8, 4) is 0 Å². The summed E-state index contributed by atoms with van der Waals surface area (Å²) in [6.07, 6.45) is 11.5. The van der Waals surface area contributed by atoms with E-state index in [1.807, 2.05) is 32.1 Å². The van der Waals surface area contributed by atoms with Gasteiger partial charge < -0.3 is 10.1 Å². The van der Waals surface area contributed by atoms with E-state index >= 15 is 0 Å². The van der Waals surface area contributed by atoms with Crippen LogP contribution in [0.5, 0.6) is 0 Å². The van der Waals surface area contributed by atoms with Crippen molar-refractivity contribution in [1.29, 1.82) is 0 Å². The molecule has 1 heterocycles. The Morgan fingerprint density at radius 3 is 2.44 bits per heavy atom. The van der Waals surface area contributed by atoms with E-state index in [9.17, 15) is 0 Å². The molecule has 1 aromatic heterocycles. The molecule has 1 fully saturated rings. The Balaban J connectivity index is 2.27. The molecule has 1 aromatic rings. The summed E-state index contributed by atoms with van der Waals surface area (Å²) in [4.78, 5) is 0. The largest absolute Gasteiger partial charge is 0.376 e. The first-order chi connectivity index (χ1) is 8.72. The number of methoxy groups -OCH3 is 1. The van der Waals surface area contributed by atoms with E-state index < -0.39 is 0 Å². The topological polar surface area (TPSA) is 39.1 Å². The molecule has 0 amide bonds. The number of likely N-dealkylation sites (N-methyl/N-ethyl adjacent to an activating group) is 1. The molecule has 1 N–H and O–H groups in total. The van der Waals surface area contributed by atoms with Gasteiger partial charge in [-0.3, -0.25) is 4.68 Å². The van der Waals surface area contributed by atoms with Crippen molar-refractivity contribution >= 4 is 0 Å². The maximum atomic E-state index is 5.98. The lowest BCUT2D eigenvalue weighted by atomic mass is 9.83. The molecule has 1 saturated carbocycles. The van der Waals surface area contributed by atoms with Gasteiger partial charge in [-0.1, -0.05) is 25.7 Å². The summed E-state index contributed by atoms with van der Waals surface area (Å²) in [5.41, 5.74) is 1.15. The molecule has 4 heteroatoms. The summed E-state index contributed by atoms with van der Waals surface area (Å²) in [5, 5.41) is 7.73. The Kier molecular flexibility index (Phi) is 4.40. The zero-order valence-electron chi connectivity index (χ0n) is 11.8. The lowest BCUT2D eigenvalue weighted by Crippen LogP contribution is -2.44. The molecule has 2 rings (SSSR count). The molecular formula is C14H25N3O. The predicted molar refractivity (Wildman–Crippen MR) is 72.5 cm³/mol. The molecular weight excluding hydrogens is 226 g/mol. The van der Waals surface area contributed by atoms with Crippen molar-refractivity contribution in [2.24, 2.45) is 7.05 Å². The molecule has 1 unspecified atom stereocenters. The quantitative estimate of drug-likeness (QED) is 0.835. The van der Waals surface area contributed by atoms with E-state index in [1.165, 1.54) is 31.2 Å². The fourth-order valence-corrected chi connectivity index (χ4v) is 3.26. The van der Waals surface area contributed by atoms with Crippen LogP contribution in [0.15, 0.2) is 12.4 Å². The van der Waals surface area contributed by atoms with E-state index in [2.05, 4.69) is 16.6 Å². The number of rotatable bonds is 4. The second-order valence-corrected chi connectivity index (χ2v) is 5.35. The summed E-state index contributed by atoms with van der Waals surface area (Å²) < 4.78 is 7.84. The highest BCUT2D eigenvalue weighted by Gasteiger charge is 2.39. The van der Waals surface area contributed by atoms with Gasteiger partial charge in [0.05, 0.1) is 17.8 Å². The van der Waals surface area contributed by atoms with Gasteiger partial charge in [0.2, 0.25) is 0 Å². The van der Waals surface area contributed by atoms with E-state index in [4.69, 9.17) is 4.74 Å². The minimum Gasteiger partial charge on any atom is -0.376 e. The predicted octanol–water partition coefficient (Wildman–Crippen LogP) is 2.42. The molecule has 0 aromatic carbocycles. The summed E-state index contributed by atoms with van der Waals surface area (Å²) in [6.45, 7) is 0. The number of ether oxygens (including phenoxy) is 1. The molecule has 1 atom stereocenters. The third-order valence-electron chi connectivity index (χ3n) is 4.23. The number of nitrogens with one attached hydrogen (secondary N) is 1. The molecule has 1 aliphatic carbocycles. The van der Waals surface area contributed by atoms with Crippen LogP contribution in [0.3, 0.4) is 0 Å². The van der Waals surface area contributed by atoms with E-state index in [-0.39, 0.29) is 11.6 Å². The van der Waals surface area contributed by atoms with Crippen LogP contribution in [-0.4, -0.2) is 29.5 Å². The number of aryl methyl sites for hydroxylation is 1. The average Bonchev–Trinajstić information content (AvgIpc) is 2.66. The molecule has 0 aliphatic heterocycles. The number of hydrogen-bond acceptors (Lipinski definition) is 3. The van der Waals surface area contributed by atoms with Crippen LogP contribution in [0.2, 0.25) is 0 Å². The lowest BCUT2D eigenvalue weighted by molar-refractivity contribution is -0.0523. The van der Waals surface area contributed by atoms with Crippen molar-refractivity contribution < 1.29 is 4.74 Å². The monoisotopic (exact) mass is 251 g/mol. The summed E-state index contributed by atoms with van der Waals surface area (Å²) >= 11 is 0. The van der Waals surface area contributed by atoms with Crippen molar-refractivity contribution in [2.75, 3.05) is 14.2 Å². The molecule has 0 saturated heterocycles. The minimum absolute atomic E-state index is 0.0751. The second kappa shape index (κ2) is 5.85. The molecule has 4 nitrogen and oxygen atoms in total. The number of nitrogens with zero attached hydrogens (tertiary/aromatic N) is 2. The number of hydrogen-bond donors (Lipinski definition) is 1. The van der Waals surface area contributed by atoms with Crippen molar-refractivity contribution in [2.45, 2.75) is 50.2 Å². The molecule has 0 radical (unpaired) electrons. The zero-order valence-corrected chi connectivity index (χ0v) is 11.8. The minimum atomic E-state index is -0.0751. The van der Waals surface area contributed by atoms with Gasteiger partial charge in [-0.15, -0.1) is 0 Å². The van der Waals surface area contributed by atoms with Crippen molar-refractivity contribution in [3.63, 3.8) is 0 Å². The fourth-order valence-electron chi connectivity index (χ4n) is 3.26. The van der Waals surface area contributed by atoms with Crippen LogP contribution in [-0.2, 0) is 11.8 Å². The highest BCUT2D eigenvalue weighted by molar-refractivity contribution is 5.16. The Bertz CT molecular complexity index is 367.